The molecule has 0 aromatic rings. The topological polar surface area (TPSA) is 134 Å². The summed E-state index contributed by atoms with van der Waals surface area (Å²) in [7, 11) is -4.39. The number of unbranched alkanes of at least 4 members (excludes halogenated alkanes) is 31. The van der Waals surface area contributed by atoms with Crippen molar-refractivity contribution >= 4 is 19.8 Å². The van der Waals surface area contributed by atoms with Crippen molar-refractivity contribution in [1.82, 2.24) is 0 Å². The smallest absolute Gasteiger partial charge is 0.462 e. The Kier molecular flexibility index (Phi) is 53.2. The van der Waals surface area contributed by atoms with E-state index in [1.807, 2.05) is 0 Å². The number of esters is 2. The van der Waals surface area contributed by atoms with Crippen LogP contribution in [0.4, 0.5) is 0 Å². The number of carbonyl (C=O) groups is 2. The summed E-state index contributed by atoms with van der Waals surface area (Å²) in [4.78, 5) is 35.2. The molecule has 3 N–H and O–H groups in total. The molecule has 0 rings (SSSR count). The number of hydrogen-bond acceptors (Lipinski definition) is 8. The molecule has 0 bridgehead atoms. The molecule has 0 aliphatic carbocycles. The zero-order valence-corrected chi connectivity index (χ0v) is 45.7. The fraction of sp³-hybridized carbons (Fsp3) is 0.797. The van der Waals surface area contributed by atoms with E-state index < -0.39 is 26.5 Å². The highest BCUT2D eigenvalue weighted by Gasteiger charge is 2.26. The van der Waals surface area contributed by atoms with Gasteiger partial charge in [-0.15, -0.1) is 0 Å². The lowest BCUT2D eigenvalue weighted by Gasteiger charge is -2.19. The van der Waals surface area contributed by atoms with Crippen LogP contribution in [0, 0.1) is 0 Å². The van der Waals surface area contributed by atoms with E-state index in [-0.39, 0.29) is 38.6 Å². The molecule has 0 saturated carbocycles. The maximum atomic E-state index is 12.7. The van der Waals surface area contributed by atoms with Crippen molar-refractivity contribution < 1.29 is 37.6 Å². The van der Waals surface area contributed by atoms with Gasteiger partial charge in [-0.05, 0) is 57.8 Å². The second-order valence-corrected chi connectivity index (χ2v) is 20.6. The predicted molar refractivity (Wildman–Crippen MR) is 293 cm³/mol. The van der Waals surface area contributed by atoms with Gasteiger partial charge in [0.1, 0.15) is 6.61 Å². The Morgan fingerprint density at radius 2 is 0.797 bits per heavy atom. The highest BCUT2D eigenvalue weighted by Crippen LogP contribution is 2.43. The van der Waals surface area contributed by atoms with Crippen molar-refractivity contribution in [2.45, 2.75) is 277 Å². The van der Waals surface area contributed by atoms with Crippen LogP contribution in [-0.4, -0.2) is 49.3 Å². The Balaban J connectivity index is 3.95. The van der Waals surface area contributed by atoms with Gasteiger partial charge in [-0.25, -0.2) is 4.57 Å². The molecule has 0 radical (unpaired) electrons. The number of rotatable bonds is 54. The third kappa shape index (κ3) is 54.9. The second-order valence-electron chi connectivity index (χ2n) is 19.1. The zero-order valence-electron chi connectivity index (χ0n) is 44.8. The molecule has 0 aliphatic rings. The van der Waals surface area contributed by atoms with Crippen LogP contribution in [0.5, 0.6) is 0 Å². The number of carbonyl (C=O) groups excluding carboxylic acids is 2. The zero-order chi connectivity index (χ0) is 50.2. The van der Waals surface area contributed by atoms with Crippen LogP contribution < -0.4 is 5.73 Å². The molecule has 2 unspecified atom stereocenters. The minimum atomic E-state index is -4.39. The van der Waals surface area contributed by atoms with Gasteiger partial charge >= 0.3 is 19.8 Å². The largest absolute Gasteiger partial charge is 0.472 e. The highest BCUT2D eigenvalue weighted by molar-refractivity contribution is 7.47. The molecule has 9 nitrogen and oxygen atoms in total. The molecule has 10 heteroatoms. The molecule has 402 valence electrons. The van der Waals surface area contributed by atoms with Crippen molar-refractivity contribution in [2.24, 2.45) is 5.73 Å². The monoisotopic (exact) mass is 990 g/mol. The minimum absolute atomic E-state index is 0.0533. The number of phosphoric ester groups is 1. The van der Waals surface area contributed by atoms with Crippen LogP contribution in [0.1, 0.15) is 271 Å². The fourth-order valence-electron chi connectivity index (χ4n) is 8.19. The summed E-state index contributed by atoms with van der Waals surface area (Å²) in [6.45, 7) is 3.67. The molecule has 0 heterocycles. The summed E-state index contributed by atoms with van der Waals surface area (Å²) in [6, 6.07) is 0. The van der Waals surface area contributed by atoms with E-state index in [0.29, 0.717) is 6.42 Å². The summed E-state index contributed by atoms with van der Waals surface area (Å²) < 4.78 is 33.0. The third-order valence-electron chi connectivity index (χ3n) is 12.4. The van der Waals surface area contributed by atoms with E-state index in [9.17, 15) is 19.0 Å². The first kappa shape index (κ1) is 66.7. The van der Waals surface area contributed by atoms with Gasteiger partial charge in [-0.3, -0.25) is 18.6 Å². The van der Waals surface area contributed by atoms with Crippen LogP contribution in [-0.2, 0) is 32.7 Å². The van der Waals surface area contributed by atoms with Gasteiger partial charge in [0.2, 0.25) is 0 Å². The highest BCUT2D eigenvalue weighted by atomic mass is 31.2. The van der Waals surface area contributed by atoms with Gasteiger partial charge in [0.05, 0.1) is 13.2 Å². The van der Waals surface area contributed by atoms with Crippen molar-refractivity contribution in [3.8, 4) is 0 Å². The number of hydrogen-bond donors (Lipinski definition) is 2. The van der Waals surface area contributed by atoms with Crippen molar-refractivity contribution in [3.05, 3.63) is 60.8 Å². The van der Waals surface area contributed by atoms with Gasteiger partial charge in [-0.1, -0.05) is 261 Å². The maximum absolute atomic E-state index is 12.7. The molecule has 0 aliphatic heterocycles. The molecule has 0 saturated heterocycles. The average Bonchev–Trinajstić information content (AvgIpc) is 3.34. The van der Waals surface area contributed by atoms with E-state index in [1.165, 1.54) is 167 Å². The number of allylic oxidation sites excluding steroid dienone is 10. The first-order valence-corrected chi connectivity index (χ1v) is 30.3. The van der Waals surface area contributed by atoms with Crippen molar-refractivity contribution in [1.29, 1.82) is 0 Å². The lowest BCUT2D eigenvalue weighted by molar-refractivity contribution is -0.161. The molecular weight excluding hydrogens is 882 g/mol. The first-order valence-electron chi connectivity index (χ1n) is 28.8. The molecule has 69 heavy (non-hydrogen) atoms. The Morgan fingerprint density at radius 1 is 0.449 bits per heavy atom. The third-order valence-corrected chi connectivity index (χ3v) is 13.4. The molecule has 0 amide bonds. The first-order chi connectivity index (χ1) is 33.8. The number of ether oxygens (including phenoxy) is 2. The molecule has 0 fully saturated rings. The van der Waals surface area contributed by atoms with E-state index in [4.69, 9.17) is 24.3 Å². The lowest BCUT2D eigenvalue weighted by Crippen LogP contribution is -2.29. The quantitative estimate of drug-likeness (QED) is 0.0264. The lowest BCUT2D eigenvalue weighted by atomic mass is 10.0. The Hall–Kier alpha value is -2.29. The second kappa shape index (κ2) is 55.0. The number of phosphoric acid groups is 1. The van der Waals surface area contributed by atoms with Gasteiger partial charge in [0.25, 0.3) is 0 Å². The average molecular weight is 990 g/mol. The Bertz CT molecular complexity index is 1310. The SMILES string of the molecule is CC/C=C\C/C=C\C/C=C\C/C=C\C/C=C\CCCCCCCCCCCCCCCC(=O)OC(COC(=O)CCCCCCCCCCCCCCCCCCCCC)COP(=O)(O)OCCN. The molecular formula is C59H108NO8P. The van der Waals surface area contributed by atoms with Crippen LogP contribution in [0.15, 0.2) is 60.8 Å². The van der Waals surface area contributed by atoms with Gasteiger partial charge < -0.3 is 20.1 Å². The molecule has 2 atom stereocenters. The van der Waals surface area contributed by atoms with Gasteiger partial charge in [-0.2, -0.15) is 0 Å². The molecule has 0 aromatic heterocycles. The van der Waals surface area contributed by atoms with E-state index in [1.54, 1.807) is 0 Å². The normalized spacial score (nSPS) is 13.5. The molecule has 0 aromatic carbocycles. The summed E-state index contributed by atoms with van der Waals surface area (Å²) in [6.07, 6.45) is 68.4. The van der Waals surface area contributed by atoms with Crippen LogP contribution >= 0.6 is 7.82 Å². The number of nitrogens with two attached hydrogens (primary N) is 1. The van der Waals surface area contributed by atoms with Crippen LogP contribution in [0.25, 0.3) is 0 Å². The van der Waals surface area contributed by atoms with E-state index in [2.05, 4.69) is 74.6 Å². The van der Waals surface area contributed by atoms with Crippen molar-refractivity contribution in [2.75, 3.05) is 26.4 Å². The summed E-state index contributed by atoms with van der Waals surface area (Å²) >= 11 is 0. The van der Waals surface area contributed by atoms with Gasteiger partial charge in [0.15, 0.2) is 6.10 Å². The fourth-order valence-corrected chi connectivity index (χ4v) is 8.96. The summed E-state index contributed by atoms with van der Waals surface area (Å²) in [5, 5.41) is 0. The van der Waals surface area contributed by atoms with E-state index >= 15 is 0 Å². The Labute approximate surface area is 425 Å². The minimum Gasteiger partial charge on any atom is -0.462 e. The predicted octanol–water partition coefficient (Wildman–Crippen LogP) is 18.0. The summed E-state index contributed by atoms with van der Waals surface area (Å²) in [5.74, 6) is -0.818. The Morgan fingerprint density at radius 3 is 1.19 bits per heavy atom. The van der Waals surface area contributed by atoms with Crippen LogP contribution in [0.3, 0.4) is 0 Å². The van der Waals surface area contributed by atoms with Crippen LogP contribution in [0.2, 0.25) is 0 Å². The van der Waals surface area contributed by atoms with Crippen molar-refractivity contribution in [3.63, 3.8) is 0 Å². The van der Waals surface area contributed by atoms with Gasteiger partial charge in [0, 0.05) is 19.4 Å². The van der Waals surface area contributed by atoms with E-state index in [0.717, 1.165) is 70.6 Å². The summed E-state index contributed by atoms with van der Waals surface area (Å²) in [5.41, 5.74) is 5.38. The molecule has 0 spiro atoms. The maximum Gasteiger partial charge on any atom is 0.472 e. The standard InChI is InChI=1S/C59H108NO8P/c1-3-5-7-9-11-13-15-17-19-21-23-24-25-26-27-28-29-30-31-32-34-36-38-40-42-44-46-48-50-52-59(62)68-57(56-67-69(63,64)66-54-53-60)55-65-58(61)51-49-47-45-43-41-39-37-35-33-22-20-18-16-14-12-10-8-6-4-2/h5,7,11,13,17,19,23-24,26-27,57H,3-4,6,8-10,12,14-16,18,20-22,25,28-56,60H2,1-2H3,(H,63,64)/b7-5-,13-11-,19-17-,24-23-,27-26-.